The van der Waals surface area contributed by atoms with Crippen molar-refractivity contribution in [2.45, 2.75) is 32.0 Å². The highest BCUT2D eigenvalue weighted by Gasteiger charge is 2.16. The SMILES string of the molecule is CC(C)c1cccc(OC[C@@H](O)CCl)c1OC[C@H](O)CCl. The number of aliphatic hydroxyl groups is 2. The lowest BCUT2D eigenvalue weighted by Crippen LogP contribution is -2.21. The zero-order chi connectivity index (χ0) is 15.8. The van der Waals surface area contributed by atoms with E-state index in [4.69, 9.17) is 32.7 Å². The number of para-hydroxylation sites is 1. The lowest BCUT2D eigenvalue weighted by molar-refractivity contribution is 0.109. The summed E-state index contributed by atoms with van der Waals surface area (Å²) in [6, 6.07) is 5.57. The number of hydrogen-bond acceptors (Lipinski definition) is 4. The first-order chi connectivity index (χ1) is 9.99. The Morgan fingerprint density at radius 2 is 1.57 bits per heavy atom. The molecule has 0 bridgehead atoms. The molecule has 0 aliphatic heterocycles. The summed E-state index contributed by atoms with van der Waals surface area (Å²) in [5.74, 6) is 1.52. The number of rotatable bonds is 9. The number of hydrogen-bond donors (Lipinski definition) is 2. The summed E-state index contributed by atoms with van der Waals surface area (Å²) in [5.41, 5.74) is 0.967. The Labute approximate surface area is 135 Å². The van der Waals surface area contributed by atoms with E-state index in [1.165, 1.54) is 0 Å². The van der Waals surface area contributed by atoms with Crippen LogP contribution in [0.1, 0.15) is 25.3 Å². The fourth-order valence-electron chi connectivity index (χ4n) is 1.71. The maximum absolute atomic E-state index is 9.54. The van der Waals surface area contributed by atoms with Gasteiger partial charge in [-0.1, -0.05) is 26.0 Å². The van der Waals surface area contributed by atoms with Crippen LogP contribution >= 0.6 is 23.2 Å². The molecule has 0 amide bonds. The van der Waals surface area contributed by atoms with Gasteiger partial charge in [0.25, 0.3) is 0 Å². The second-order valence-corrected chi connectivity index (χ2v) is 5.68. The van der Waals surface area contributed by atoms with Crippen LogP contribution in [0.25, 0.3) is 0 Å². The highest BCUT2D eigenvalue weighted by atomic mass is 35.5. The summed E-state index contributed by atoms with van der Waals surface area (Å²) in [6.45, 7) is 4.25. The maximum Gasteiger partial charge on any atom is 0.164 e. The van der Waals surface area contributed by atoms with E-state index in [0.717, 1.165) is 5.56 Å². The van der Waals surface area contributed by atoms with Crippen LogP contribution in [0.2, 0.25) is 0 Å². The molecule has 0 fully saturated rings. The molecule has 0 aromatic heterocycles. The number of ether oxygens (including phenoxy) is 2. The van der Waals surface area contributed by atoms with E-state index in [9.17, 15) is 10.2 Å². The molecule has 2 N–H and O–H groups in total. The van der Waals surface area contributed by atoms with Gasteiger partial charge in [0.15, 0.2) is 11.5 Å². The summed E-state index contributed by atoms with van der Waals surface area (Å²) in [6.07, 6.45) is -1.48. The molecule has 0 aliphatic carbocycles. The van der Waals surface area contributed by atoms with Gasteiger partial charge in [-0.2, -0.15) is 0 Å². The van der Waals surface area contributed by atoms with Crippen molar-refractivity contribution >= 4 is 23.2 Å². The molecule has 2 atom stereocenters. The smallest absolute Gasteiger partial charge is 0.164 e. The van der Waals surface area contributed by atoms with Crippen LogP contribution in [-0.2, 0) is 0 Å². The Morgan fingerprint density at radius 1 is 1.00 bits per heavy atom. The van der Waals surface area contributed by atoms with E-state index in [2.05, 4.69) is 0 Å². The average molecular weight is 337 g/mol. The first kappa shape index (κ1) is 18.4. The van der Waals surface area contributed by atoms with Gasteiger partial charge in [0.05, 0.1) is 11.8 Å². The van der Waals surface area contributed by atoms with Crippen molar-refractivity contribution in [3.05, 3.63) is 23.8 Å². The van der Waals surface area contributed by atoms with Crippen molar-refractivity contribution in [1.29, 1.82) is 0 Å². The Hall–Kier alpha value is -0.680. The fraction of sp³-hybridized carbons (Fsp3) is 0.600. The van der Waals surface area contributed by atoms with Crippen LogP contribution in [0, 0.1) is 0 Å². The van der Waals surface area contributed by atoms with E-state index in [-0.39, 0.29) is 30.9 Å². The van der Waals surface area contributed by atoms with Gasteiger partial charge in [0.2, 0.25) is 0 Å². The van der Waals surface area contributed by atoms with Gasteiger partial charge in [0.1, 0.15) is 25.4 Å². The lowest BCUT2D eigenvalue weighted by Gasteiger charge is -2.20. The van der Waals surface area contributed by atoms with Crippen molar-refractivity contribution in [2.75, 3.05) is 25.0 Å². The third-order valence-corrected chi connectivity index (χ3v) is 3.55. The van der Waals surface area contributed by atoms with Gasteiger partial charge in [0, 0.05) is 5.56 Å². The van der Waals surface area contributed by atoms with Gasteiger partial charge in [-0.15, -0.1) is 23.2 Å². The van der Waals surface area contributed by atoms with Crippen molar-refractivity contribution in [3.63, 3.8) is 0 Å². The van der Waals surface area contributed by atoms with E-state index in [1.54, 1.807) is 6.07 Å². The van der Waals surface area contributed by atoms with Crippen LogP contribution in [0.4, 0.5) is 0 Å². The highest BCUT2D eigenvalue weighted by molar-refractivity contribution is 6.18. The molecular weight excluding hydrogens is 315 g/mol. The molecule has 6 heteroatoms. The van der Waals surface area contributed by atoms with Gasteiger partial charge in [-0.05, 0) is 12.0 Å². The first-order valence-electron chi connectivity index (χ1n) is 6.86. The third kappa shape index (κ3) is 5.91. The van der Waals surface area contributed by atoms with Gasteiger partial charge >= 0.3 is 0 Å². The Bertz CT molecular complexity index is 426. The molecule has 1 aromatic carbocycles. The normalized spacial score (nSPS) is 14.0. The zero-order valence-electron chi connectivity index (χ0n) is 12.3. The quantitative estimate of drug-likeness (QED) is 0.681. The number of alkyl halides is 2. The highest BCUT2D eigenvalue weighted by Crippen LogP contribution is 2.36. The Kier molecular flexibility index (Phi) is 8.19. The average Bonchev–Trinajstić information content (AvgIpc) is 2.49. The molecule has 0 spiro atoms. The minimum Gasteiger partial charge on any atom is -0.487 e. The number of aliphatic hydroxyl groups excluding tert-OH is 2. The van der Waals surface area contributed by atoms with Gasteiger partial charge < -0.3 is 19.7 Å². The number of benzene rings is 1. The molecule has 0 unspecified atom stereocenters. The largest absolute Gasteiger partial charge is 0.487 e. The van der Waals surface area contributed by atoms with E-state index in [1.807, 2.05) is 26.0 Å². The topological polar surface area (TPSA) is 58.9 Å². The molecule has 1 aromatic rings. The maximum atomic E-state index is 9.54. The minimum absolute atomic E-state index is 0.0828. The molecule has 1 rings (SSSR count). The van der Waals surface area contributed by atoms with Gasteiger partial charge in [-0.3, -0.25) is 0 Å². The zero-order valence-corrected chi connectivity index (χ0v) is 13.8. The van der Waals surface area contributed by atoms with Gasteiger partial charge in [-0.25, -0.2) is 0 Å². The van der Waals surface area contributed by atoms with Crippen LogP contribution in [0.5, 0.6) is 11.5 Å². The van der Waals surface area contributed by atoms with Crippen LogP contribution in [0.3, 0.4) is 0 Å². The minimum atomic E-state index is -0.742. The van der Waals surface area contributed by atoms with Crippen molar-refractivity contribution in [2.24, 2.45) is 0 Å². The molecule has 0 radical (unpaired) electrons. The van der Waals surface area contributed by atoms with E-state index < -0.39 is 12.2 Å². The van der Waals surface area contributed by atoms with Crippen LogP contribution < -0.4 is 9.47 Å². The van der Waals surface area contributed by atoms with Crippen molar-refractivity contribution in [3.8, 4) is 11.5 Å². The molecule has 120 valence electrons. The van der Waals surface area contributed by atoms with Crippen LogP contribution in [-0.4, -0.2) is 47.4 Å². The summed E-state index contributed by atoms with van der Waals surface area (Å²) >= 11 is 11.1. The molecule has 21 heavy (non-hydrogen) atoms. The Balaban J connectivity index is 2.91. The molecular formula is C15H22Cl2O4. The first-order valence-corrected chi connectivity index (χ1v) is 7.93. The van der Waals surface area contributed by atoms with Crippen molar-refractivity contribution < 1.29 is 19.7 Å². The summed E-state index contributed by atoms with van der Waals surface area (Å²) in [5, 5.41) is 19.0. The molecule has 0 heterocycles. The predicted octanol–water partition coefficient (Wildman–Crippen LogP) is 2.77. The molecule has 4 nitrogen and oxygen atoms in total. The lowest BCUT2D eigenvalue weighted by atomic mass is 10.0. The fourth-order valence-corrected chi connectivity index (χ4v) is 1.89. The second-order valence-electron chi connectivity index (χ2n) is 5.07. The molecule has 0 saturated heterocycles. The van der Waals surface area contributed by atoms with Crippen LogP contribution in [0.15, 0.2) is 18.2 Å². The summed E-state index contributed by atoms with van der Waals surface area (Å²) in [4.78, 5) is 0. The summed E-state index contributed by atoms with van der Waals surface area (Å²) < 4.78 is 11.2. The monoisotopic (exact) mass is 336 g/mol. The predicted molar refractivity (Wildman–Crippen MR) is 85.0 cm³/mol. The Morgan fingerprint density at radius 3 is 2.10 bits per heavy atom. The van der Waals surface area contributed by atoms with E-state index >= 15 is 0 Å². The molecule has 0 aliphatic rings. The van der Waals surface area contributed by atoms with E-state index in [0.29, 0.717) is 11.5 Å². The summed E-state index contributed by atoms with van der Waals surface area (Å²) in [7, 11) is 0. The standard InChI is InChI=1S/C15H22Cl2O4/c1-10(2)13-4-3-5-14(20-8-11(18)6-16)15(13)21-9-12(19)7-17/h3-5,10-12,18-19H,6-9H2,1-2H3/t11-,12+/m0/s1. The number of halogens is 2. The molecule has 0 saturated carbocycles. The third-order valence-electron chi connectivity index (χ3n) is 2.84. The van der Waals surface area contributed by atoms with Crippen molar-refractivity contribution in [1.82, 2.24) is 0 Å². The second kappa shape index (κ2) is 9.36.